The molecule has 1 aromatic heterocycles. The maximum Gasteiger partial charge on any atom is 0.227 e. The molecule has 36 heavy (non-hydrogen) atoms. The van der Waals surface area contributed by atoms with Crippen molar-refractivity contribution >= 4 is 45.4 Å². The Labute approximate surface area is 213 Å². The van der Waals surface area contributed by atoms with Crippen LogP contribution in [0.2, 0.25) is 5.02 Å². The van der Waals surface area contributed by atoms with E-state index in [0.29, 0.717) is 27.6 Å². The molecule has 0 fully saturated rings. The van der Waals surface area contributed by atoms with Crippen molar-refractivity contribution in [3.63, 3.8) is 0 Å². The number of fused-ring (bicyclic) bond motifs is 2. The normalized spacial score (nSPS) is 11.6. The van der Waals surface area contributed by atoms with Gasteiger partial charge in [-0.1, -0.05) is 72.3 Å². The first-order valence-electron chi connectivity index (χ1n) is 11.6. The lowest BCUT2D eigenvalue weighted by Crippen LogP contribution is -1.91. The highest BCUT2D eigenvalue weighted by Gasteiger charge is 2.13. The van der Waals surface area contributed by atoms with Crippen LogP contribution in [0.5, 0.6) is 5.75 Å². The first kappa shape index (κ1) is 22.1. The smallest absolute Gasteiger partial charge is 0.227 e. The lowest BCUT2D eigenvalue weighted by molar-refractivity contribution is 0.474. The van der Waals surface area contributed by atoms with Crippen molar-refractivity contribution in [2.24, 2.45) is 4.99 Å². The van der Waals surface area contributed by atoms with Crippen molar-refractivity contribution in [1.29, 1.82) is 0 Å². The zero-order valence-electron chi connectivity index (χ0n) is 19.2. The molecule has 6 rings (SSSR count). The third-order valence-electron chi connectivity index (χ3n) is 6.17. The van der Waals surface area contributed by atoms with Crippen LogP contribution in [0.3, 0.4) is 0 Å². The van der Waals surface area contributed by atoms with Gasteiger partial charge in [0.2, 0.25) is 5.89 Å². The molecule has 174 valence electrons. The number of oxazole rings is 1. The van der Waals surface area contributed by atoms with Gasteiger partial charge in [-0.25, -0.2) is 4.98 Å². The van der Waals surface area contributed by atoms with E-state index < -0.39 is 0 Å². The molecule has 0 atom stereocenters. The number of hydrogen-bond donors (Lipinski definition) is 1. The number of nitrogens with zero attached hydrogens (tertiary/aromatic N) is 2. The zero-order chi connectivity index (χ0) is 24.5. The average Bonchev–Trinajstić information content (AvgIpc) is 3.33. The predicted molar refractivity (Wildman–Crippen MR) is 147 cm³/mol. The summed E-state index contributed by atoms with van der Waals surface area (Å²) in [5.74, 6) is 0.722. The minimum atomic E-state index is 0.190. The quantitative estimate of drug-likeness (QED) is 0.248. The topological polar surface area (TPSA) is 58.6 Å². The van der Waals surface area contributed by atoms with Crippen LogP contribution in [0.1, 0.15) is 16.7 Å². The van der Waals surface area contributed by atoms with Crippen molar-refractivity contribution in [3.8, 4) is 17.2 Å². The Morgan fingerprint density at radius 3 is 2.53 bits per heavy atom. The highest BCUT2D eigenvalue weighted by molar-refractivity contribution is 6.35. The largest absolute Gasteiger partial charge is 0.507 e. The highest BCUT2D eigenvalue weighted by atomic mass is 35.5. The van der Waals surface area contributed by atoms with E-state index in [1.807, 2.05) is 84.9 Å². The Bertz CT molecular complexity index is 1740. The molecule has 0 saturated heterocycles. The molecule has 1 N–H and O–H groups in total. The number of halogens is 1. The Morgan fingerprint density at radius 2 is 1.64 bits per heavy atom. The summed E-state index contributed by atoms with van der Waals surface area (Å²) in [6.07, 6.45) is 2.47. The third-order valence-corrected chi connectivity index (χ3v) is 6.50. The first-order chi connectivity index (χ1) is 17.6. The van der Waals surface area contributed by atoms with E-state index >= 15 is 0 Å². The van der Waals surface area contributed by atoms with E-state index in [1.54, 1.807) is 12.3 Å². The molecular weight excluding hydrogens is 468 g/mol. The number of hydrogen-bond acceptors (Lipinski definition) is 4. The van der Waals surface area contributed by atoms with Gasteiger partial charge in [-0.15, -0.1) is 0 Å². The molecule has 0 bridgehead atoms. The molecule has 0 radical (unpaired) electrons. The van der Waals surface area contributed by atoms with Gasteiger partial charge in [-0.3, -0.25) is 4.99 Å². The lowest BCUT2D eigenvalue weighted by Gasteiger charge is -2.05. The molecule has 5 heteroatoms. The minimum Gasteiger partial charge on any atom is -0.507 e. The van der Waals surface area contributed by atoms with Gasteiger partial charge in [0.05, 0.1) is 5.69 Å². The van der Waals surface area contributed by atoms with E-state index in [0.717, 1.165) is 34.0 Å². The van der Waals surface area contributed by atoms with Gasteiger partial charge in [0.1, 0.15) is 11.3 Å². The monoisotopic (exact) mass is 488 g/mol. The van der Waals surface area contributed by atoms with E-state index in [-0.39, 0.29) is 5.75 Å². The number of aliphatic imine (C=N–C) groups is 1. The Kier molecular flexibility index (Phi) is 5.72. The summed E-state index contributed by atoms with van der Waals surface area (Å²) in [7, 11) is 0. The van der Waals surface area contributed by atoms with Gasteiger partial charge >= 0.3 is 0 Å². The summed E-state index contributed by atoms with van der Waals surface area (Å²) >= 11 is 6.38. The predicted octanol–water partition coefficient (Wildman–Crippen LogP) is 8.35. The van der Waals surface area contributed by atoms with Crippen LogP contribution in [-0.2, 0) is 6.42 Å². The number of phenols is 1. The van der Waals surface area contributed by atoms with Crippen molar-refractivity contribution in [1.82, 2.24) is 4.98 Å². The fraction of sp³-hybridized carbons (Fsp3) is 0.0323. The standard InChI is InChI=1S/C31H21ClN2O2/c32-27-11-5-8-24-25(27)9-4-10-26(24)31-34-28-18-23(13-15-30(28)36-31)33-19-22-17-21(12-14-29(22)35)16-20-6-2-1-3-7-20/h1-15,17-19,35H,16H2. The Morgan fingerprint density at radius 1 is 0.806 bits per heavy atom. The van der Waals surface area contributed by atoms with E-state index in [1.165, 1.54) is 5.56 Å². The van der Waals surface area contributed by atoms with Crippen molar-refractivity contribution < 1.29 is 9.52 Å². The fourth-order valence-corrected chi connectivity index (χ4v) is 4.60. The van der Waals surface area contributed by atoms with E-state index in [9.17, 15) is 5.11 Å². The number of benzene rings is 5. The van der Waals surface area contributed by atoms with Crippen LogP contribution in [-0.4, -0.2) is 16.3 Å². The second-order valence-corrected chi connectivity index (χ2v) is 9.03. The molecule has 5 aromatic carbocycles. The van der Waals surface area contributed by atoms with Gasteiger partial charge in [-0.05, 0) is 65.4 Å². The van der Waals surface area contributed by atoms with Crippen molar-refractivity contribution in [2.45, 2.75) is 6.42 Å². The molecular formula is C31H21ClN2O2. The van der Waals surface area contributed by atoms with Crippen LogP contribution >= 0.6 is 11.6 Å². The molecule has 0 aliphatic rings. The van der Waals surface area contributed by atoms with Gasteiger partial charge in [0, 0.05) is 27.8 Å². The molecule has 0 spiro atoms. The molecule has 1 heterocycles. The van der Waals surface area contributed by atoms with Crippen molar-refractivity contribution in [2.75, 3.05) is 0 Å². The molecule has 4 nitrogen and oxygen atoms in total. The van der Waals surface area contributed by atoms with Gasteiger partial charge in [0.25, 0.3) is 0 Å². The third kappa shape index (κ3) is 4.35. The molecule has 6 aromatic rings. The SMILES string of the molecule is Oc1ccc(Cc2ccccc2)cc1C=Nc1ccc2oc(-c3cccc4c(Cl)cccc34)nc2c1. The average molecular weight is 489 g/mol. The zero-order valence-corrected chi connectivity index (χ0v) is 20.0. The van der Waals surface area contributed by atoms with Crippen LogP contribution in [0, 0.1) is 0 Å². The lowest BCUT2D eigenvalue weighted by atomic mass is 10.0. The summed E-state index contributed by atoms with van der Waals surface area (Å²) in [6, 6.07) is 33.2. The minimum absolute atomic E-state index is 0.190. The van der Waals surface area contributed by atoms with Crippen molar-refractivity contribution in [3.05, 3.63) is 125 Å². The van der Waals surface area contributed by atoms with Crippen LogP contribution in [0.25, 0.3) is 33.3 Å². The maximum atomic E-state index is 10.4. The number of aromatic nitrogens is 1. The van der Waals surface area contributed by atoms with E-state index in [4.69, 9.17) is 21.0 Å². The molecule has 0 saturated carbocycles. The summed E-state index contributed by atoms with van der Waals surface area (Å²) in [6.45, 7) is 0. The summed E-state index contributed by atoms with van der Waals surface area (Å²) in [5, 5.41) is 13.0. The number of aromatic hydroxyl groups is 1. The number of rotatable bonds is 5. The van der Waals surface area contributed by atoms with E-state index in [2.05, 4.69) is 17.1 Å². The van der Waals surface area contributed by atoms with Gasteiger partial charge in [0.15, 0.2) is 5.58 Å². The molecule has 0 aliphatic heterocycles. The molecule has 0 amide bonds. The Hall–Kier alpha value is -4.41. The Balaban J connectivity index is 1.30. The summed E-state index contributed by atoms with van der Waals surface area (Å²) in [4.78, 5) is 9.32. The van der Waals surface area contributed by atoms with Gasteiger partial charge in [-0.2, -0.15) is 0 Å². The summed E-state index contributed by atoms with van der Waals surface area (Å²) in [5.41, 5.74) is 5.97. The molecule has 0 unspecified atom stereocenters. The molecule has 0 aliphatic carbocycles. The van der Waals surface area contributed by atoms with Crippen LogP contribution in [0.4, 0.5) is 5.69 Å². The van der Waals surface area contributed by atoms with Gasteiger partial charge < -0.3 is 9.52 Å². The van der Waals surface area contributed by atoms with Crippen LogP contribution < -0.4 is 0 Å². The second-order valence-electron chi connectivity index (χ2n) is 8.63. The second kappa shape index (κ2) is 9.33. The first-order valence-corrected chi connectivity index (χ1v) is 12.0. The highest BCUT2D eigenvalue weighted by Crippen LogP contribution is 2.34. The fourth-order valence-electron chi connectivity index (χ4n) is 4.36. The maximum absolute atomic E-state index is 10.4. The number of phenolic OH excluding ortho intramolecular Hbond substituents is 1. The van der Waals surface area contributed by atoms with Crippen LogP contribution in [0.15, 0.2) is 113 Å². The summed E-state index contributed by atoms with van der Waals surface area (Å²) < 4.78 is 6.07.